The molecule has 108 valence electrons. The maximum Gasteiger partial charge on any atom is 0.216 e. The highest BCUT2D eigenvalue weighted by Gasteiger charge is 2.16. The predicted molar refractivity (Wildman–Crippen MR) is 74.6 cm³/mol. The van der Waals surface area contributed by atoms with Crippen LogP contribution in [0.15, 0.2) is 18.2 Å². The first kappa shape index (κ1) is 15.8. The highest BCUT2D eigenvalue weighted by atomic mass is 16.5. The predicted octanol–water partition coefficient (Wildman–Crippen LogP) is 0.994. The normalized spacial score (nSPS) is 11.3. The van der Waals surface area contributed by atoms with Crippen LogP contribution in [-0.2, 0) is 4.79 Å². The molecule has 0 bridgehead atoms. The summed E-state index contributed by atoms with van der Waals surface area (Å²) < 4.78 is 10.4. The number of benzene rings is 1. The zero-order valence-electron chi connectivity index (χ0n) is 11.9. The SMILES string of the molecule is COc1ccc(OC)c(C(C#N)NCCNC(C)=O)c1. The summed E-state index contributed by atoms with van der Waals surface area (Å²) in [6, 6.07) is 6.93. The highest BCUT2D eigenvalue weighted by Crippen LogP contribution is 2.28. The Kier molecular flexibility index (Phi) is 6.33. The minimum absolute atomic E-state index is 0.0979. The molecule has 0 spiro atoms. The number of nitriles is 1. The first-order valence-electron chi connectivity index (χ1n) is 6.21. The van der Waals surface area contributed by atoms with Gasteiger partial charge in [0.15, 0.2) is 0 Å². The Hall–Kier alpha value is -2.26. The van der Waals surface area contributed by atoms with Gasteiger partial charge in [-0.2, -0.15) is 5.26 Å². The van der Waals surface area contributed by atoms with Crippen molar-refractivity contribution in [1.29, 1.82) is 5.26 Å². The number of hydrogen-bond donors (Lipinski definition) is 2. The van der Waals surface area contributed by atoms with Crippen LogP contribution in [0.25, 0.3) is 0 Å². The van der Waals surface area contributed by atoms with Gasteiger partial charge in [-0.05, 0) is 18.2 Å². The zero-order chi connectivity index (χ0) is 15.0. The quantitative estimate of drug-likeness (QED) is 0.726. The van der Waals surface area contributed by atoms with E-state index in [9.17, 15) is 10.1 Å². The summed E-state index contributed by atoms with van der Waals surface area (Å²) in [5.74, 6) is 1.17. The Morgan fingerprint density at radius 1 is 1.35 bits per heavy atom. The van der Waals surface area contributed by atoms with Crippen molar-refractivity contribution in [2.45, 2.75) is 13.0 Å². The number of ether oxygens (including phenoxy) is 2. The molecule has 1 atom stereocenters. The summed E-state index contributed by atoms with van der Waals surface area (Å²) in [6.07, 6.45) is 0. The van der Waals surface area contributed by atoms with Crippen LogP contribution in [0, 0.1) is 11.3 Å². The number of hydrogen-bond acceptors (Lipinski definition) is 5. The highest BCUT2D eigenvalue weighted by molar-refractivity contribution is 5.72. The van der Waals surface area contributed by atoms with E-state index in [2.05, 4.69) is 16.7 Å². The van der Waals surface area contributed by atoms with Crippen LogP contribution in [0.5, 0.6) is 11.5 Å². The molecule has 2 N–H and O–H groups in total. The number of methoxy groups -OCH3 is 2. The fraction of sp³-hybridized carbons (Fsp3) is 0.429. The topological polar surface area (TPSA) is 83.4 Å². The van der Waals surface area contributed by atoms with Gasteiger partial charge in [0.05, 0.1) is 20.3 Å². The average molecular weight is 277 g/mol. The lowest BCUT2D eigenvalue weighted by molar-refractivity contribution is -0.118. The van der Waals surface area contributed by atoms with Gasteiger partial charge in [0.2, 0.25) is 5.91 Å². The maximum atomic E-state index is 10.8. The third-order valence-electron chi connectivity index (χ3n) is 2.72. The van der Waals surface area contributed by atoms with Crippen LogP contribution < -0.4 is 20.1 Å². The molecule has 1 rings (SSSR count). The first-order chi connectivity index (χ1) is 9.62. The van der Waals surface area contributed by atoms with Crippen LogP contribution in [-0.4, -0.2) is 33.2 Å². The third-order valence-corrected chi connectivity index (χ3v) is 2.72. The van der Waals surface area contributed by atoms with E-state index < -0.39 is 6.04 Å². The fourth-order valence-electron chi connectivity index (χ4n) is 1.75. The minimum atomic E-state index is -0.534. The monoisotopic (exact) mass is 277 g/mol. The molecule has 0 aliphatic rings. The van der Waals surface area contributed by atoms with Gasteiger partial charge in [0.1, 0.15) is 17.5 Å². The molecule has 0 fully saturated rings. The second-order valence-corrected chi connectivity index (χ2v) is 4.11. The summed E-state index contributed by atoms with van der Waals surface area (Å²) in [5, 5.41) is 15.0. The molecular weight excluding hydrogens is 258 g/mol. The summed E-state index contributed by atoms with van der Waals surface area (Å²) in [5.41, 5.74) is 0.706. The van der Waals surface area contributed by atoms with Gasteiger partial charge in [0.25, 0.3) is 0 Å². The van der Waals surface area contributed by atoms with E-state index >= 15 is 0 Å². The molecule has 0 radical (unpaired) electrons. The van der Waals surface area contributed by atoms with E-state index in [0.717, 1.165) is 0 Å². The van der Waals surface area contributed by atoms with Crippen LogP contribution in [0.1, 0.15) is 18.5 Å². The Balaban J connectivity index is 2.78. The summed E-state index contributed by atoms with van der Waals surface area (Å²) in [7, 11) is 3.12. The lowest BCUT2D eigenvalue weighted by atomic mass is 10.1. The second-order valence-electron chi connectivity index (χ2n) is 4.11. The lowest BCUT2D eigenvalue weighted by Crippen LogP contribution is -2.32. The molecule has 0 aliphatic heterocycles. The van der Waals surface area contributed by atoms with E-state index in [1.54, 1.807) is 32.4 Å². The number of carbonyl (C=O) groups excluding carboxylic acids is 1. The number of nitrogens with one attached hydrogen (secondary N) is 2. The molecule has 20 heavy (non-hydrogen) atoms. The number of carbonyl (C=O) groups is 1. The van der Waals surface area contributed by atoms with Gasteiger partial charge in [-0.1, -0.05) is 0 Å². The Labute approximate surface area is 118 Å². The maximum absolute atomic E-state index is 10.8. The molecule has 6 nitrogen and oxygen atoms in total. The van der Waals surface area contributed by atoms with Crippen molar-refractivity contribution < 1.29 is 14.3 Å². The fourth-order valence-corrected chi connectivity index (χ4v) is 1.75. The Morgan fingerprint density at radius 2 is 2.10 bits per heavy atom. The second kappa shape index (κ2) is 8.02. The van der Waals surface area contributed by atoms with Crippen LogP contribution in [0.3, 0.4) is 0 Å². The van der Waals surface area contributed by atoms with Crippen molar-refractivity contribution in [3.05, 3.63) is 23.8 Å². The molecule has 0 saturated heterocycles. The van der Waals surface area contributed by atoms with Gasteiger partial charge >= 0.3 is 0 Å². The van der Waals surface area contributed by atoms with Gasteiger partial charge < -0.3 is 14.8 Å². The van der Waals surface area contributed by atoms with Gasteiger partial charge in [0, 0.05) is 25.6 Å². The van der Waals surface area contributed by atoms with E-state index in [0.29, 0.717) is 30.2 Å². The molecule has 0 saturated carbocycles. The van der Waals surface area contributed by atoms with Crippen LogP contribution in [0.2, 0.25) is 0 Å². The van der Waals surface area contributed by atoms with Gasteiger partial charge in [-0.15, -0.1) is 0 Å². The molecule has 1 aromatic carbocycles. The third kappa shape index (κ3) is 4.44. The Morgan fingerprint density at radius 3 is 2.65 bits per heavy atom. The lowest BCUT2D eigenvalue weighted by Gasteiger charge is -2.16. The molecule has 1 aromatic rings. The smallest absolute Gasteiger partial charge is 0.216 e. The Bertz CT molecular complexity index is 497. The molecular formula is C14H19N3O3. The summed E-state index contributed by atoms with van der Waals surface area (Å²) >= 11 is 0. The van der Waals surface area contributed by atoms with Crippen molar-refractivity contribution in [2.24, 2.45) is 0 Å². The van der Waals surface area contributed by atoms with Crippen molar-refractivity contribution in [3.63, 3.8) is 0 Å². The molecule has 1 unspecified atom stereocenters. The number of rotatable bonds is 7. The minimum Gasteiger partial charge on any atom is -0.497 e. The molecule has 6 heteroatoms. The number of amides is 1. The van der Waals surface area contributed by atoms with Crippen molar-refractivity contribution in [1.82, 2.24) is 10.6 Å². The van der Waals surface area contributed by atoms with E-state index in [-0.39, 0.29) is 5.91 Å². The van der Waals surface area contributed by atoms with E-state index in [1.165, 1.54) is 6.92 Å². The van der Waals surface area contributed by atoms with Crippen LogP contribution >= 0.6 is 0 Å². The van der Waals surface area contributed by atoms with Crippen molar-refractivity contribution >= 4 is 5.91 Å². The summed E-state index contributed by atoms with van der Waals surface area (Å²) in [4.78, 5) is 10.8. The largest absolute Gasteiger partial charge is 0.497 e. The molecule has 1 amide bonds. The molecule has 0 aliphatic carbocycles. The van der Waals surface area contributed by atoms with E-state index in [1.807, 2.05) is 0 Å². The first-order valence-corrected chi connectivity index (χ1v) is 6.21. The number of nitrogens with zero attached hydrogens (tertiary/aromatic N) is 1. The van der Waals surface area contributed by atoms with Crippen LogP contribution in [0.4, 0.5) is 0 Å². The van der Waals surface area contributed by atoms with Crippen molar-refractivity contribution in [2.75, 3.05) is 27.3 Å². The average Bonchev–Trinajstić information content (AvgIpc) is 2.46. The summed E-state index contributed by atoms with van der Waals surface area (Å²) in [6.45, 7) is 2.39. The van der Waals surface area contributed by atoms with Gasteiger partial charge in [-0.25, -0.2) is 0 Å². The van der Waals surface area contributed by atoms with Gasteiger partial charge in [-0.3, -0.25) is 10.1 Å². The molecule has 0 aromatic heterocycles. The standard InChI is InChI=1S/C14H19N3O3/c1-10(18)16-6-7-17-13(9-15)12-8-11(19-2)4-5-14(12)20-3/h4-5,8,13,17H,6-7H2,1-3H3,(H,16,18). The van der Waals surface area contributed by atoms with Crippen molar-refractivity contribution in [3.8, 4) is 17.6 Å². The van der Waals surface area contributed by atoms with E-state index in [4.69, 9.17) is 9.47 Å². The molecule has 0 heterocycles. The zero-order valence-corrected chi connectivity index (χ0v) is 11.9.